The molecule has 0 saturated carbocycles. The number of hydrogen-bond donors (Lipinski definition) is 0. The third kappa shape index (κ3) is 4.87. The van der Waals surface area contributed by atoms with Crippen molar-refractivity contribution in [3.63, 3.8) is 0 Å². The van der Waals surface area contributed by atoms with Crippen LogP contribution in [0.2, 0.25) is 0 Å². The van der Waals surface area contributed by atoms with Gasteiger partial charge in [-0.05, 0) is 37.3 Å². The number of nitro benzene ring substituents is 1. The number of rotatable bonds is 5. The fourth-order valence-corrected chi connectivity index (χ4v) is 5.28. The van der Waals surface area contributed by atoms with Crippen LogP contribution in [0, 0.1) is 22.9 Å². The van der Waals surface area contributed by atoms with Crippen molar-refractivity contribution in [2.45, 2.75) is 6.92 Å². The summed E-state index contributed by atoms with van der Waals surface area (Å²) in [5.41, 5.74) is 2.36. The molecule has 1 aliphatic heterocycles. The number of aromatic nitrogens is 2. The van der Waals surface area contributed by atoms with Gasteiger partial charge in [-0.1, -0.05) is 60.2 Å². The molecule has 2 heterocycles. The molecule has 0 unspecified atom stereocenters. The van der Waals surface area contributed by atoms with Crippen LogP contribution in [-0.2, 0) is 0 Å². The fraction of sp³-hybridized carbons (Fsp3) is 0.156. The maximum atomic E-state index is 14.2. The lowest BCUT2D eigenvalue weighted by molar-refractivity contribution is -0.384. The lowest BCUT2D eigenvalue weighted by atomic mass is 10.0. The first-order valence-electron chi connectivity index (χ1n) is 13.5. The second-order valence-corrected chi connectivity index (χ2v) is 10.2. The van der Waals surface area contributed by atoms with Gasteiger partial charge in [-0.3, -0.25) is 19.7 Å². The zero-order valence-electron chi connectivity index (χ0n) is 22.7. The highest BCUT2D eigenvalue weighted by Gasteiger charge is 2.26. The Balaban J connectivity index is 1.39. The molecule has 0 bridgehead atoms. The molecule has 6 rings (SSSR count). The summed E-state index contributed by atoms with van der Waals surface area (Å²) in [6.45, 7) is 3.50. The quantitative estimate of drug-likeness (QED) is 0.211. The van der Waals surface area contributed by atoms with Crippen molar-refractivity contribution in [2.24, 2.45) is 0 Å². The number of benzene rings is 4. The number of carbonyl (C=O) groups excluding carboxylic acids is 1. The van der Waals surface area contributed by atoms with Crippen molar-refractivity contribution < 1.29 is 14.1 Å². The molecule has 0 radical (unpaired) electrons. The SMILES string of the molecule is Cc1ccc(-c2nn(-c3cc(N4CCN(C(=O)c5ccccc5F)CC4)ccc3[N+](=O)[O-])c(=O)c3ccccc23)cc1. The number of nitrogens with zero attached hydrogens (tertiary/aromatic N) is 5. The summed E-state index contributed by atoms with van der Waals surface area (Å²) in [5.74, 6) is -0.948. The zero-order chi connectivity index (χ0) is 29.4. The number of amides is 1. The molecule has 1 fully saturated rings. The highest BCUT2D eigenvalue weighted by molar-refractivity contribution is 5.95. The van der Waals surface area contributed by atoms with E-state index in [2.05, 4.69) is 5.10 Å². The van der Waals surface area contributed by atoms with Crippen molar-refractivity contribution in [2.75, 3.05) is 31.1 Å². The van der Waals surface area contributed by atoms with Crippen LogP contribution < -0.4 is 10.5 Å². The van der Waals surface area contributed by atoms with Crippen LogP contribution in [0.3, 0.4) is 0 Å². The summed E-state index contributed by atoms with van der Waals surface area (Å²) in [4.78, 5) is 41.7. The van der Waals surface area contributed by atoms with Gasteiger partial charge in [0, 0.05) is 48.9 Å². The highest BCUT2D eigenvalue weighted by Crippen LogP contribution is 2.31. The third-order valence-electron chi connectivity index (χ3n) is 7.55. The van der Waals surface area contributed by atoms with E-state index in [1.807, 2.05) is 48.2 Å². The average Bonchev–Trinajstić information content (AvgIpc) is 3.01. The summed E-state index contributed by atoms with van der Waals surface area (Å²) < 4.78 is 15.3. The van der Waals surface area contributed by atoms with Gasteiger partial charge >= 0.3 is 0 Å². The Labute approximate surface area is 240 Å². The minimum Gasteiger partial charge on any atom is -0.368 e. The maximum absolute atomic E-state index is 14.2. The summed E-state index contributed by atoms with van der Waals surface area (Å²) in [6, 6.07) is 25.3. The lowest BCUT2D eigenvalue weighted by Crippen LogP contribution is -2.49. The van der Waals surface area contributed by atoms with E-state index in [1.165, 1.54) is 24.3 Å². The van der Waals surface area contributed by atoms with Crippen molar-refractivity contribution in [3.8, 4) is 16.9 Å². The number of piperazine rings is 1. The Morgan fingerprint density at radius 3 is 2.24 bits per heavy atom. The van der Waals surface area contributed by atoms with E-state index in [4.69, 9.17) is 0 Å². The standard InChI is InChI=1S/C32H26FN5O4/c1-21-10-12-22(13-11-21)30-24-6-2-3-7-25(24)32(40)37(34-30)29-20-23(14-15-28(29)38(41)42)35-16-18-36(19-17-35)31(39)26-8-4-5-9-27(26)33/h2-15,20H,16-19H2,1H3. The van der Waals surface area contributed by atoms with Crippen molar-refractivity contribution >= 4 is 28.1 Å². The molecule has 210 valence electrons. The van der Waals surface area contributed by atoms with Crippen LogP contribution in [-0.4, -0.2) is 51.7 Å². The van der Waals surface area contributed by atoms with Crippen molar-refractivity contribution in [1.29, 1.82) is 0 Å². The van der Waals surface area contributed by atoms with E-state index in [9.17, 15) is 24.1 Å². The monoisotopic (exact) mass is 563 g/mol. The molecule has 0 aliphatic carbocycles. The van der Waals surface area contributed by atoms with Gasteiger partial charge in [0.25, 0.3) is 17.2 Å². The molecule has 10 heteroatoms. The van der Waals surface area contributed by atoms with Gasteiger partial charge in [0.2, 0.25) is 0 Å². The second kappa shape index (κ2) is 10.9. The Morgan fingerprint density at radius 2 is 1.55 bits per heavy atom. The minimum absolute atomic E-state index is 0.0229. The smallest absolute Gasteiger partial charge is 0.295 e. The molecule has 0 spiro atoms. The van der Waals surface area contributed by atoms with E-state index in [-0.39, 0.29) is 22.8 Å². The number of hydrogen-bond acceptors (Lipinski definition) is 6. The fourth-order valence-electron chi connectivity index (χ4n) is 5.28. The van der Waals surface area contributed by atoms with E-state index in [0.717, 1.165) is 15.8 Å². The Morgan fingerprint density at radius 1 is 0.881 bits per heavy atom. The van der Waals surface area contributed by atoms with Gasteiger partial charge in [-0.2, -0.15) is 9.78 Å². The van der Waals surface area contributed by atoms with E-state index >= 15 is 0 Å². The van der Waals surface area contributed by atoms with Gasteiger partial charge < -0.3 is 9.80 Å². The summed E-state index contributed by atoms with van der Waals surface area (Å²) in [7, 11) is 0. The van der Waals surface area contributed by atoms with E-state index < -0.39 is 16.3 Å². The predicted molar refractivity (Wildman–Crippen MR) is 159 cm³/mol. The summed E-state index contributed by atoms with van der Waals surface area (Å²) in [6.07, 6.45) is 0. The maximum Gasteiger partial charge on any atom is 0.295 e. The summed E-state index contributed by atoms with van der Waals surface area (Å²) in [5, 5.41) is 17.8. The van der Waals surface area contributed by atoms with Crippen LogP contribution in [0.25, 0.3) is 27.7 Å². The van der Waals surface area contributed by atoms with Gasteiger partial charge in [-0.15, -0.1) is 0 Å². The van der Waals surface area contributed by atoms with Gasteiger partial charge in [-0.25, -0.2) is 4.39 Å². The Kier molecular flexibility index (Phi) is 6.95. The molecule has 9 nitrogen and oxygen atoms in total. The first-order valence-corrected chi connectivity index (χ1v) is 13.5. The van der Waals surface area contributed by atoms with Crippen LogP contribution in [0.1, 0.15) is 15.9 Å². The molecule has 0 N–H and O–H groups in total. The minimum atomic E-state index is -0.566. The second-order valence-electron chi connectivity index (χ2n) is 10.2. The molecule has 1 aromatic heterocycles. The zero-order valence-corrected chi connectivity index (χ0v) is 22.7. The predicted octanol–water partition coefficient (Wildman–Crippen LogP) is 5.37. The number of aryl methyl sites for hydroxylation is 1. The molecule has 5 aromatic rings. The Bertz CT molecular complexity index is 1900. The molecule has 4 aromatic carbocycles. The normalized spacial score (nSPS) is 13.4. The molecule has 0 atom stereocenters. The first kappa shape index (κ1) is 26.8. The Hall–Kier alpha value is -5.38. The molecule has 1 aliphatic rings. The number of carbonyl (C=O) groups is 1. The van der Waals surface area contributed by atoms with Crippen LogP contribution in [0.5, 0.6) is 0 Å². The largest absolute Gasteiger partial charge is 0.368 e. The van der Waals surface area contributed by atoms with Gasteiger partial charge in [0.05, 0.1) is 21.6 Å². The van der Waals surface area contributed by atoms with Crippen LogP contribution in [0.4, 0.5) is 15.8 Å². The topological polar surface area (TPSA) is 102 Å². The van der Waals surface area contributed by atoms with Crippen molar-refractivity contribution in [1.82, 2.24) is 14.7 Å². The highest BCUT2D eigenvalue weighted by atomic mass is 19.1. The van der Waals surface area contributed by atoms with Gasteiger partial charge in [0.15, 0.2) is 0 Å². The molecule has 42 heavy (non-hydrogen) atoms. The van der Waals surface area contributed by atoms with E-state index in [0.29, 0.717) is 48.3 Å². The number of halogens is 1. The van der Waals surface area contributed by atoms with Crippen LogP contribution >= 0.6 is 0 Å². The lowest BCUT2D eigenvalue weighted by Gasteiger charge is -2.36. The number of anilines is 1. The van der Waals surface area contributed by atoms with Crippen molar-refractivity contribution in [3.05, 3.63) is 128 Å². The first-order chi connectivity index (χ1) is 20.3. The molecular weight excluding hydrogens is 537 g/mol. The number of fused-ring (bicyclic) bond motifs is 1. The summed E-state index contributed by atoms with van der Waals surface area (Å²) >= 11 is 0. The van der Waals surface area contributed by atoms with Gasteiger partial charge in [0.1, 0.15) is 11.5 Å². The van der Waals surface area contributed by atoms with E-state index in [1.54, 1.807) is 35.2 Å². The molecule has 1 amide bonds. The van der Waals surface area contributed by atoms with Crippen LogP contribution in [0.15, 0.2) is 95.8 Å². The third-order valence-corrected chi connectivity index (χ3v) is 7.55. The molecular formula is C32H26FN5O4. The average molecular weight is 564 g/mol. The number of nitro groups is 1. The molecule has 1 saturated heterocycles.